The second kappa shape index (κ2) is 9.84. The molecule has 3 heteroatoms. The molecule has 0 radical (unpaired) electrons. The van der Waals surface area contributed by atoms with Crippen LogP contribution in [0.4, 0.5) is 0 Å². The van der Waals surface area contributed by atoms with Crippen LogP contribution in [-0.2, 0) is 6.54 Å². The lowest BCUT2D eigenvalue weighted by Gasteiger charge is -2.31. The minimum absolute atomic E-state index is 0.256. The number of piperidine rings is 1. The van der Waals surface area contributed by atoms with Crippen LogP contribution in [0, 0.1) is 5.92 Å². The van der Waals surface area contributed by atoms with Crippen molar-refractivity contribution < 1.29 is 4.79 Å². The minimum Gasteiger partial charge on any atom is -0.326 e. The number of unbranched alkanes of at least 4 members (excludes halogenated alkanes) is 1. The molecule has 0 aromatic heterocycles. The van der Waals surface area contributed by atoms with Gasteiger partial charge in [-0.25, -0.2) is 0 Å². The SMILES string of the molecule is CCCCC1CCN(CCCC(=O)c2ccc(CN)cc2)CC1. The number of carbonyl (C=O) groups is 1. The maximum atomic E-state index is 12.2. The largest absolute Gasteiger partial charge is 0.326 e. The van der Waals surface area contributed by atoms with Gasteiger partial charge < -0.3 is 10.6 Å². The zero-order chi connectivity index (χ0) is 16.5. The molecule has 0 unspecified atom stereocenters. The summed E-state index contributed by atoms with van der Waals surface area (Å²) in [6, 6.07) is 7.72. The summed E-state index contributed by atoms with van der Waals surface area (Å²) in [4.78, 5) is 14.7. The summed E-state index contributed by atoms with van der Waals surface area (Å²) in [6.07, 6.45) is 8.40. The Bertz CT molecular complexity index is 461. The van der Waals surface area contributed by atoms with Crippen molar-refractivity contribution in [3.8, 4) is 0 Å². The molecule has 1 fully saturated rings. The first kappa shape index (κ1) is 18.2. The number of hydrogen-bond acceptors (Lipinski definition) is 3. The summed E-state index contributed by atoms with van der Waals surface area (Å²) in [7, 11) is 0. The van der Waals surface area contributed by atoms with Crippen LogP contribution in [0.15, 0.2) is 24.3 Å². The van der Waals surface area contributed by atoms with E-state index in [0.29, 0.717) is 13.0 Å². The van der Waals surface area contributed by atoms with E-state index >= 15 is 0 Å². The number of nitrogens with zero attached hydrogens (tertiary/aromatic N) is 1. The van der Waals surface area contributed by atoms with E-state index in [0.717, 1.165) is 30.0 Å². The van der Waals surface area contributed by atoms with Gasteiger partial charge in [0.2, 0.25) is 0 Å². The third-order valence-corrected chi connectivity index (χ3v) is 5.06. The first-order valence-corrected chi connectivity index (χ1v) is 9.27. The molecule has 23 heavy (non-hydrogen) atoms. The van der Waals surface area contributed by atoms with Crippen LogP contribution >= 0.6 is 0 Å². The number of hydrogen-bond donors (Lipinski definition) is 1. The smallest absolute Gasteiger partial charge is 0.162 e. The molecule has 1 aliphatic heterocycles. The molecule has 0 saturated carbocycles. The molecule has 0 bridgehead atoms. The molecule has 0 spiro atoms. The van der Waals surface area contributed by atoms with Gasteiger partial charge in [-0.1, -0.05) is 50.5 Å². The lowest BCUT2D eigenvalue weighted by atomic mass is 9.91. The van der Waals surface area contributed by atoms with Crippen LogP contribution in [0.5, 0.6) is 0 Å². The molecule has 2 rings (SSSR count). The molecule has 2 N–H and O–H groups in total. The van der Waals surface area contributed by atoms with Crippen LogP contribution in [0.3, 0.4) is 0 Å². The molecule has 1 heterocycles. The minimum atomic E-state index is 0.256. The lowest BCUT2D eigenvalue weighted by Crippen LogP contribution is -2.34. The quantitative estimate of drug-likeness (QED) is 0.700. The molecule has 3 nitrogen and oxygen atoms in total. The van der Waals surface area contributed by atoms with E-state index < -0.39 is 0 Å². The zero-order valence-electron chi connectivity index (χ0n) is 14.6. The second-order valence-corrected chi connectivity index (χ2v) is 6.86. The molecule has 1 aromatic carbocycles. The van der Waals surface area contributed by atoms with Crippen molar-refractivity contribution in [1.29, 1.82) is 0 Å². The normalized spacial score (nSPS) is 16.6. The fourth-order valence-corrected chi connectivity index (χ4v) is 3.43. The summed E-state index contributed by atoms with van der Waals surface area (Å²) in [5.74, 6) is 1.19. The molecule has 0 aliphatic carbocycles. The number of ketones is 1. The topological polar surface area (TPSA) is 46.3 Å². The van der Waals surface area contributed by atoms with Crippen LogP contribution in [0.1, 0.15) is 67.8 Å². The third kappa shape index (κ3) is 6.08. The maximum absolute atomic E-state index is 12.2. The Labute approximate surface area is 141 Å². The van der Waals surface area contributed by atoms with Crippen molar-refractivity contribution in [3.05, 3.63) is 35.4 Å². The summed E-state index contributed by atoms with van der Waals surface area (Å²) in [5, 5.41) is 0. The van der Waals surface area contributed by atoms with E-state index in [1.807, 2.05) is 24.3 Å². The van der Waals surface area contributed by atoms with Gasteiger partial charge in [0.25, 0.3) is 0 Å². The number of nitrogens with two attached hydrogens (primary N) is 1. The Balaban J connectivity index is 1.64. The second-order valence-electron chi connectivity index (χ2n) is 6.86. The predicted octanol–water partition coefficient (Wildman–Crippen LogP) is 4.01. The van der Waals surface area contributed by atoms with Gasteiger partial charge in [-0.15, -0.1) is 0 Å². The zero-order valence-corrected chi connectivity index (χ0v) is 14.6. The fourth-order valence-electron chi connectivity index (χ4n) is 3.43. The number of likely N-dealkylation sites (tertiary alicyclic amines) is 1. The highest BCUT2D eigenvalue weighted by Crippen LogP contribution is 2.22. The maximum Gasteiger partial charge on any atom is 0.162 e. The highest BCUT2D eigenvalue weighted by Gasteiger charge is 2.18. The standard InChI is InChI=1S/C20H32N2O/c1-2-3-5-17-11-14-22(15-12-17)13-4-6-20(23)19-9-7-18(16-21)8-10-19/h7-10,17H,2-6,11-16,21H2,1H3. The average Bonchev–Trinajstić information content (AvgIpc) is 2.61. The molecule has 128 valence electrons. The van der Waals surface area contributed by atoms with Crippen molar-refractivity contribution in [2.24, 2.45) is 11.7 Å². The Morgan fingerprint density at radius 3 is 2.48 bits per heavy atom. The molecule has 1 aliphatic rings. The van der Waals surface area contributed by atoms with E-state index in [9.17, 15) is 4.79 Å². The Kier molecular flexibility index (Phi) is 7.77. The molecule has 1 saturated heterocycles. The summed E-state index contributed by atoms with van der Waals surface area (Å²) in [5.41, 5.74) is 7.48. The van der Waals surface area contributed by atoms with Gasteiger partial charge >= 0.3 is 0 Å². The fraction of sp³-hybridized carbons (Fsp3) is 0.650. The Hall–Kier alpha value is -1.19. The van der Waals surface area contributed by atoms with Crippen LogP contribution in [0.2, 0.25) is 0 Å². The van der Waals surface area contributed by atoms with Crippen molar-refractivity contribution in [1.82, 2.24) is 4.90 Å². The van der Waals surface area contributed by atoms with E-state index in [-0.39, 0.29) is 5.78 Å². The van der Waals surface area contributed by atoms with Gasteiger partial charge in [0.15, 0.2) is 5.78 Å². The molecule has 1 aromatic rings. The number of carbonyl (C=O) groups excluding carboxylic acids is 1. The molecular weight excluding hydrogens is 284 g/mol. The van der Waals surface area contributed by atoms with Crippen LogP contribution in [-0.4, -0.2) is 30.3 Å². The van der Waals surface area contributed by atoms with Gasteiger partial charge in [0, 0.05) is 18.5 Å². The Morgan fingerprint density at radius 1 is 1.17 bits per heavy atom. The summed E-state index contributed by atoms with van der Waals surface area (Å²) >= 11 is 0. The Morgan fingerprint density at radius 2 is 1.87 bits per heavy atom. The van der Waals surface area contributed by atoms with Gasteiger partial charge in [0.1, 0.15) is 0 Å². The van der Waals surface area contributed by atoms with E-state index in [4.69, 9.17) is 5.73 Å². The first-order chi connectivity index (χ1) is 11.2. The monoisotopic (exact) mass is 316 g/mol. The molecule has 0 amide bonds. The first-order valence-electron chi connectivity index (χ1n) is 9.27. The van der Waals surface area contributed by atoms with Crippen molar-refractivity contribution in [2.45, 2.75) is 58.4 Å². The number of rotatable bonds is 9. The molecular formula is C20H32N2O. The predicted molar refractivity (Wildman–Crippen MR) is 96.6 cm³/mol. The van der Waals surface area contributed by atoms with Gasteiger partial charge in [-0.3, -0.25) is 4.79 Å². The summed E-state index contributed by atoms with van der Waals surface area (Å²) in [6.45, 7) is 6.30. The van der Waals surface area contributed by atoms with E-state index in [1.165, 1.54) is 45.2 Å². The summed E-state index contributed by atoms with van der Waals surface area (Å²) < 4.78 is 0. The highest BCUT2D eigenvalue weighted by atomic mass is 16.1. The van der Waals surface area contributed by atoms with Gasteiger partial charge in [0.05, 0.1) is 0 Å². The third-order valence-electron chi connectivity index (χ3n) is 5.06. The van der Waals surface area contributed by atoms with Crippen LogP contribution < -0.4 is 5.73 Å². The van der Waals surface area contributed by atoms with Crippen molar-refractivity contribution >= 4 is 5.78 Å². The number of Topliss-reactive ketones (excluding diaryl/α,β-unsaturated/α-hetero) is 1. The average molecular weight is 316 g/mol. The van der Waals surface area contributed by atoms with E-state index in [2.05, 4.69) is 11.8 Å². The van der Waals surface area contributed by atoms with Crippen molar-refractivity contribution in [2.75, 3.05) is 19.6 Å². The van der Waals surface area contributed by atoms with E-state index in [1.54, 1.807) is 0 Å². The number of benzene rings is 1. The lowest BCUT2D eigenvalue weighted by molar-refractivity contribution is 0.0970. The van der Waals surface area contributed by atoms with Crippen LogP contribution in [0.25, 0.3) is 0 Å². The van der Waals surface area contributed by atoms with Gasteiger partial charge in [-0.2, -0.15) is 0 Å². The highest BCUT2D eigenvalue weighted by molar-refractivity contribution is 5.96. The van der Waals surface area contributed by atoms with Crippen molar-refractivity contribution in [3.63, 3.8) is 0 Å². The van der Waals surface area contributed by atoms with Gasteiger partial charge in [-0.05, 0) is 50.4 Å². The molecule has 0 atom stereocenters.